The van der Waals surface area contributed by atoms with Crippen molar-refractivity contribution in [1.29, 1.82) is 0 Å². The second-order valence-corrected chi connectivity index (χ2v) is 6.95. The molecule has 1 N–H and O–H groups in total. The zero-order valence-corrected chi connectivity index (χ0v) is 14.0. The Bertz CT molecular complexity index is 398. The number of hydrogen-bond acceptors (Lipinski definition) is 2. The van der Waals surface area contributed by atoms with Crippen LogP contribution in [0.4, 0.5) is 0 Å². The molecule has 1 saturated heterocycles. The van der Waals surface area contributed by atoms with Crippen molar-refractivity contribution in [3.8, 4) is 0 Å². The lowest BCUT2D eigenvalue weighted by molar-refractivity contribution is 0.100. The van der Waals surface area contributed by atoms with E-state index in [1.54, 1.807) is 0 Å². The quantitative estimate of drug-likeness (QED) is 0.756. The van der Waals surface area contributed by atoms with Gasteiger partial charge >= 0.3 is 0 Å². The molecule has 1 heterocycles. The van der Waals surface area contributed by atoms with Crippen LogP contribution in [0.15, 0.2) is 24.3 Å². The minimum atomic E-state index is 0.477. The second kappa shape index (κ2) is 8.77. The third-order valence-corrected chi connectivity index (χ3v) is 4.40. The number of rotatable bonds is 8. The van der Waals surface area contributed by atoms with E-state index in [0.717, 1.165) is 31.1 Å². The fourth-order valence-electron chi connectivity index (χ4n) is 2.93. The molecule has 3 heteroatoms. The van der Waals surface area contributed by atoms with Crippen molar-refractivity contribution >= 4 is 11.6 Å². The van der Waals surface area contributed by atoms with Gasteiger partial charge in [-0.15, -0.1) is 0 Å². The van der Waals surface area contributed by atoms with Crippen molar-refractivity contribution in [2.24, 2.45) is 5.92 Å². The van der Waals surface area contributed by atoms with Crippen LogP contribution in [0.3, 0.4) is 0 Å². The van der Waals surface area contributed by atoms with Gasteiger partial charge in [0.15, 0.2) is 0 Å². The fourth-order valence-corrected chi connectivity index (χ4v) is 3.05. The van der Waals surface area contributed by atoms with E-state index in [0.29, 0.717) is 17.9 Å². The molecule has 0 bridgehead atoms. The minimum Gasteiger partial charge on any atom is -0.378 e. The Kier molecular flexibility index (Phi) is 7.01. The first-order chi connectivity index (χ1) is 10.1. The van der Waals surface area contributed by atoms with Gasteiger partial charge in [-0.3, -0.25) is 0 Å². The molecule has 0 amide bonds. The van der Waals surface area contributed by atoms with Gasteiger partial charge in [-0.05, 0) is 61.8 Å². The van der Waals surface area contributed by atoms with Crippen LogP contribution < -0.4 is 5.32 Å². The van der Waals surface area contributed by atoms with E-state index in [1.807, 2.05) is 12.1 Å². The van der Waals surface area contributed by atoms with Crippen molar-refractivity contribution in [2.75, 3.05) is 19.7 Å². The lowest BCUT2D eigenvalue weighted by atomic mass is 9.92. The largest absolute Gasteiger partial charge is 0.378 e. The lowest BCUT2D eigenvalue weighted by Crippen LogP contribution is -2.26. The number of hydrogen-bond donors (Lipinski definition) is 1. The summed E-state index contributed by atoms with van der Waals surface area (Å²) >= 11 is 6.01. The Balaban J connectivity index is 1.90. The molecule has 1 fully saturated rings. The summed E-state index contributed by atoms with van der Waals surface area (Å²) in [5, 5.41) is 4.41. The lowest BCUT2D eigenvalue weighted by Gasteiger charge is -2.21. The van der Waals surface area contributed by atoms with Crippen LogP contribution in [0.5, 0.6) is 0 Å². The molecule has 1 aromatic rings. The maximum Gasteiger partial charge on any atom is 0.0576 e. The standard InChI is InChI=1S/C18H28ClNO/c1-14(2)12-20-13-16(7-10-18-4-3-11-21-18)15-5-8-17(19)9-6-15/h5-6,8-9,14,16,18,20H,3-4,7,10-13H2,1-2H3. The number of halogens is 1. The summed E-state index contributed by atoms with van der Waals surface area (Å²) in [6, 6.07) is 8.33. The third-order valence-electron chi connectivity index (χ3n) is 4.15. The van der Waals surface area contributed by atoms with Gasteiger partial charge in [-0.1, -0.05) is 37.6 Å². The highest BCUT2D eigenvalue weighted by molar-refractivity contribution is 6.30. The minimum absolute atomic E-state index is 0.477. The van der Waals surface area contributed by atoms with Crippen molar-refractivity contribution in [3.05, 3.63) is 34.9 Å². The van der Waals surface area contributed by atoms with Crippen LogP contribution in [0.25, 0.3) is 0 Å². The van der Waals surface area contributed by atoms with E-state index in [4.69, 9.17) is 16.3 Å². The van der Waals surface area contributed by atoms with Gasteiger partial charge in [-0.25, -0.2) is 0 Å². The topological polar surface area (TPSA) is 21.3 Å². The average Bonchev–Trinajstić information content (AvgIpc) is 2.96. The Labute approximate surface area is 134 Å². The van der Waals surface area contributed by atoms with E-state index < -0.39 is 0 Å². The molecule has 2 unspecified atom stereocenters. The molecular formula is C18H28ClNO. The third kappa shape index (κ3) is 5.98. The molecule has 0 saturated carbocycles. The van der Waals surface area contributed by atoms with Gasteiger partial charge in [0.1, 0.15) is 0 Å². The van der Waals surface area contributed by atoms with Crippen LogP contribution in [-0.2, 0) is 4.74 Å². The van der Waals surface area contributed by atoms with Crippen molar-refractivity contribution in [1.82, 2.24) is 5.32 Å². The van der Waals surface area contributed by atoms with Crippen LogP contribution in [0.1, 0.15) is 51.0 Å². The normalized spacial score (nSPS) is 20.1. The highest BCUT2D eigenvalue weighted by atomic mass is 35.5. The zero-order chi connectivity index (χ0) is 15.1. The summed E-state index contributed by atoms with van der Waals surface area (Å²) in [6.07, 6.45) is 5.27. The summed E-state index contributed by atoms with van der Waals surface area (Å²) in [5.41, 5.74) is 1.38. The Morgan fingerprint density at radius 3 is 2.62 bits per heavy atom. The van der Waals surface area contributed by atoms with Gasteiger partial charge in [0, 0.05) is 18.2 Å². The highest BCUT2D eigenvalue weighted by Crippen LogP contribution is 2.26. The number of benzene rings is 1. The number of ether oxygens (including phenoxy) is 1. The first-order valence-corrected chi connectivity index (χ1v) is 8.60. The highest BCUT2D eigenvalue weighted by Gasteiger charge is 2.19. The van der Waals surface area contributed by atoms with E-state index in [-0.39, 0.29) is 0 Å². The predicted octanol–water partition coefficient (Wildman–Crippen LogP) is 4.63. The Hall–Kier alpha value is -0.570. The number of nitrogens with one attached hydrogen (secondary N) is 1. The Morgan fingerprint density at radius 1 is 1.24 bits per heavy atom. The summed E-state index contributed by atoms with van der Waals surface area (Å²) in [6.45, 7) is 7.55. The summed E-state index contributed by atoms with van der Waals surface area (Å²) < 4.78 is 5.76. The molecule has 2 nitrogen and oxygen atoms in total. The second-order valence-electron chi connectivity index (χ2n) is 6.51. The molecule has 0 spiro atoms. The van der Waals surface area contributed by atoms with Crippen molar-refractivity contribution < 1.29 is 4.74 Å². The van der Waals surface area contributed by atoms with E-state index in [2.05, 4.69) is 31.3 Å². The van der Waals surface area contributed by atoms with E-state index in [1.165, 1.54) is 24.8 Å². The zero-order valence-electron chi connectivity index (χ0n) is 13.3. The SMILES string of the molecule is CC(C)CNCC(CCC1CCCO1)c1ccc(Cl)cc1. The van der Waals surface area contributed by atoms with Crippen LogP contribution >= 0.6 is 11.6 Å². The van der Waals surface area contributed by atoms with Gasteiger partial charge in [0.05, 0.1) is 6.10 Å². The maximum atomic E-state index is 6.01. The molecule has 2 rings (SSSR count). The maximum absolute atomic E-state index is 6.01. The van der Waals surface area contributed by atoms with Crippen molar-refractivity contribution in [3.63, 3.8) is 0 Å². The molecule has 2 atom stereocenters. The van der Waals surface area contributed by atoms with Crippen LogP contribution in [0, 0.1) is 5.92 Å². The Morgan fingerprint density at radius 2 is 2.00 bits per heavy atom. The predicted molar refractivity (Wildman–Crippen MR) is 90.1 cm³/mol. The molecular weight excluding hydrogens is 282 g/mol. The molecule has 1 aliphatic heterocycles. The van der Waals surface area contributed by atoms with Gasteiger partial charge < -0.3 is 10.1 Å². The van der Waals surface area contributed by atoms with Gasteiger partial charge in [-0.2, -0.15) is 0 Å². The van der Waals surface area contributed by atoms with Crippen LogP contribution in [0.2, 0.25) is 5.02 Å². The molecule has 21 heavy (non-hydrogen) atoms. The molecule has 1 aromatic carbocycles. The average molecular weight is 310 g/mol. The summed E-state index contributed by atoms with van der Waals surface area (Å²) in [5.74, 6) is 1.24. The fraction of sp³-hybridized carbons (Fsp3) is 0.667. The summed E-state index contributed by atoms with van der Waals surface area (Å²) in [7, 11) is 0. The first kappa shape index (κ1) is 16.8. The van der Waals surface area contributed by atoms with E-state index in [9.17, 15) is 0 Å². The molecule has 1 aliphatic rings. The molecule has 118 valence electrons. The smallest absolute Gasteiger partial charge is 0.0576 e. The van der Waals surface area contributed by atoms with Gasteiger partial charge in [0.25, 0.3) is 0 Å². The molecule has 0 aliphatic carbocycles. The monoisotopic (exact) mass is 309 g/mol. The summed E-state index contributed by atoms with van der Waals surface area (Å²) in [4.78, 5) is 0. The molecule has 0 radical (unpaired) electrons. The molecule has 0 aromatic heterocycles. The van der Waals surface area contributed by atoms with Gasteiger partial charge in [0.2, 0.25) is 0 Å². The van der Waals surface area contributed by atoms with Crippen LogP contribution in [-0.4, -0.2) is 25.8 Å². The first-order valence-electron chi connectivity index (χ1n) is 8.23. The van der Waals surface area contributed by atoms with E-state index >= 15 is 0 Å². The van der Waals surface area contributed by atoms with Crippen molar-refractivity contribution in [2.45, 2.75) is 51.6 Å².